The number of benzene rings is 1. The fourth-order valence-corrected chi connectivity index (χ4v) is 2.83. The largest absolute Gasteiger partial charge is 0.491 e. The van der Waals surface area contributed by atoms with Crippen LogP contribution in [0, 0.1) is 5.92 Å². The average molecular weight is 291 g/mol. The number of ether oxygens (including phenoxy) is 1. The van der Waals surface area contributed by atoms with Gasteiger partial charge in [-0.2, -0.15) is 0 Å². The minimum atomic E-state index is -0.774. The minimum absolute atomic E-state index is 0.0381. The highest BCUT2D eigenvalue weighted by Gasteiger charge is 2.36. The van der Waals surface area contributed by atoms with E-state index < -0.39 is 12.0 Å². The summed E-state index contributed by atoms with van der Waals surface area (Å²) in [6, 6.07) is 6.68. The van der Waals surface area contributed by atoms with Crippen LogP contribution in [0.1, 0.15) is 30.6 Å². The number of hydrogen-bond donors (Lipinski definition) is 1. The first-order valence-electron chi connectivity index (χ1n) is 7.20. The van der Waals surface area contributed by atoms with Crippen LogP contribution in [0.2, 0.25) is 0 Å². The Bertz CT molecular complexity index is 529. The normalized spacial score (nSPS) is 22.2. The number of aliphatic carboxylic acids is 1. The summed E-state index contributed by atoms with van der Waals surface area (Å²) >= 11 is 0. The van der Waals surface area contributed by atoms with Crippen molar-refractivity contribution in [3.05, 3.63) is 29.8 Å². The highest BCUT2D eigenvalue weighted by Crippen LogP contribution is 2.24. The summed E-state index contributed by atoms with van der Waals surface area (Å²) in [4.78, 5) is 24.7. The van der Waals surface area contributed by atoms with E-state index in [0.29, 0.717) is 24.5 Å². The van der Waals surface area contributed by atoms with Crippen LogP contribution in [0.25, 0.3) is 0 Å². The van der Waals surface area contributed by atoms with Gasteiger partial charge in [-0.1, -0.05) is 19.1 Å². The molecule has 1 aliphatic heterocycles. The quantitative estimate of drug-likeness (QED) is 0.813. The van der Waals surface area contributed by atoms with Gasteiger partial charge in [-0.05, 0) is 37.9 Å². The summed E-state index contributed by atoms with van der Waals surface area (Å²) in [5, 5.41) is 9.26. The smallest absolute Gasteiger partial charge is 0.321 e. The van der Waals surface area contributed by atoms with E-state index in [1.807, 2.05) is 17.9 Å². The molecule has 1 aromatic carbocycles. The molecule has 1 aliphatic rings. The zero-order valence-electron chi connectivity index (χ0n) is 12.4. The lowest BCUT2D eigenvalue weighted by molar-refractivity contribution is -0.143. The van der Waals surface area contributed by atoms with E-state index in [1.54, 1.807) is 18.2 Å². The maximum absolute atomic E-state index is 11.5. The highest BCUT2D eigenvalue weighted by atomic mass is 16.5. The molecular formula is C16H21NO4. The lowest BCUT2D eigenvalue weighted by atomic mass is 10.0. The third kappa shape index (κ3) is 3.61. The third-order valence-electron chi connectivity index (χ3n) is 3.96. The topological polar surface area (TPSA) is 66.8 Å². The predicted octanol–water partition coefficient (Wildman–Crippen LogP) is 2.06. The second kappa shape index (κ2) is 6.72. The Morgan fingerprint density at radius 3 is 2.76 bits per heavy atom. The Kier molecular flexibility index (Phi) is 4.96. The minimum Gasteiger partial charge on any atom is -0.491 e. The molecular weight excluding hydrogens is 270 g/mol. The molecule has 0 amide bonds. The first-order chi connectivity index (χ1) is 10.0. The molecule has 1 saturated heterocycles. The highest BCUT2D eigenvalue weighted by molar-refractivity contribution is 5.96. The summed E-state index contributed by atoms with van der Waals surface area (Å²) in [6.07, 6.45) is 0.890. The molecule has 2 unspecified atom stereocenters. The van der Waals surface area contributed by atoms with Gasteiger partial charge in [0.1, 0.15) is 18.4 Å². The van der Waals surface area contributed by atoms with Gasteiger partial charge in [-0.3, -0.25) is 14.5 Å². The summed E-state index contributed by atoms with van der Waals surface area (Å²) in [5.74, 6) is -0.0935. The number of para-hydroxylation sites is 1. The van der Waals surface area contributed by atoms with Gasteiger partial charge in [-0.15, -0.1) is 0 Å². The van der Waals surface area contributed by atoms with Crippen molar-refractivity contribution in [3.8, 4) is 5.75 Å². The van der Waals surface area contributed by atoms with Crippen molar-refractivity contribution in [3.63, 3.8) is 0 Å². The summed E-state index contributed by atoms with van der Waals surface area (Å²) in [6.45, 7) is 5.17. The Morgan fingerprint density at radius 1 is 1.38 bits per heavy atom. The Labute approximate surface area is 124 Å². The summed E-state index contributed by atoms with van der Waals surface area (Å²) < 4.78 is 5.67. The second-order valence-corrected chi connectivity index (χ2v) is 5.49. The van der Waals surface area contributed by atoms with Gasteiger partial charge >= 0.3 is 5.97 Å². The molecule has 5 nitrogen and oxygen atoms in total. The number of carboxylic acids is 1. The number of likely N-dealkylation sites (tertiary alicyclic amines) is 1. The molecule has 0 bridgehead atoms. The first kappa shape index (κ1) is 15.5. The maximum atomic E-state index is 11.5. The van der Waals surface area contributed by atoms with Gasteiger partial charge < -0.3 is 9.84 Å². The summed E-state index contributed by atoms with van der Waals surface area (Å²) in [7, 11) is 0. The number of carbonyl (C=O) groups excluding carboxylic acids is 1. The summed E-state index contributed by atoms with van der Waals surface area (Å²) in [5.41, 5.74) is 0.557. The Morgan fingerprint density at radius 2 is 2.10 bits per heavy atom. The Balaban J connectivity index is 1.93. The van der Waals surface area contributed by atoms with E-state index in [4.69, 9.17) is 4.74 Å². The van der Waals surface area contributed by atoms with Crippen LogP contribution in [-0.2, 0) is 4.79 Å². The second-order valence-electron chi connectivity index (χ2n) is 5.49. The lowest BCUT2D eigenvalue weighted by Gasteiger charge is -2.23. The van der Waals surface area contributed by atoms with Crippen molar-refractivity contribution >= 4 is 11.8 Å². The molecule has 21 heavy (non-hydrogen) atoms. The first-order valence-corrected chi connectivity index (χ1v) is 7.20. The van der Waals surface area contributed by atoms with E-state index in [2.05, 4.69) is 0 Å². The maximum Gasteiger partial charge on any atom is 0.321 e. The van der Waals surface area contributed by atoms with E-state index in [9.17, 15) is 14.7 Å². The van der Waals surface area contributed by atoms with Crippen LogP contribution in [0.15, 0.2) is 24.3 Å². The number of carboxylic acid groups (broad SMARTS) is 1. The SMILES string of the molecule is CC(=O)c1ccccc1OCCN1CCC(C)C1C(=O)O. The van der Waals surface area contributed by atoms with Crippen LogP contribution in [0.4, 0.5) is 0 Å². The molecule has 5 heteroatoms. The monoisotopic (exact) mass is 291 g/mol. The molecule has 114 valence electrons. The fraction of sp³-hybridized carbons (Fsp3) is 0.500. The van der Waals surface area contributed by atoms with Crippen LogP contribution in [-0.4, -0.2) is 47.5 Å². The number of Topliss-reactive ketones (excluding diaryl/α,β-unsaturated/α-hetero) is 1. The van der Waals surface area contributed by atoms with Crippen molar-refractivity contribution < 1.29 is 19.4 Å². The molecule has 1 fully saturated rings. The molecule has 0 aromatic heterocycles. The van der Waals surface area contributed by atoms with E-state index in [-0.39, 0.29) is 11.7 Å². The predicted molar refractivity (Wildman–Crippen MR) is 78.7 cm³/mol. The van der Waals surface area contributed by atoms with E-state index in [0.717, 1.165) is 13.0 Å². The zero-order valence-corrected chi connectivity index (χ0v) is 12.4. The molecule has 2 atom stereocenters. The third-order valence-corrected chi connectivity index (χ3v) is 3.96. The molecule has 0 aliphatic carbocycles. The van der Waals surface area contributed by atoms with Crippen LogP contribution >= 0.6 is 0 Å². The molecule has 0 radical (unpaired) electrons. The number of ketones is 1. The van der Waals surface area contributed by atoms with Crippen molar-refractivity contribution in [2.24, 2.45) is 5.92 Å². The van der Waals surface area contributed by atoms with Gasteiger partial charge in [0.2, 0.25) is 0 Å². The number of hydrogen-bond acceptors (Lipinski definition) is 4. The zero-order chi connectivity index (χ0) is 15.4. The van der Waals surface area contributed by atoms with Crippen LogP contribution in [0.3, 0.4) is 0 Å². The van der Waals surface area contributed by atoms with E-state index in [1.165, 1.54) is 6.92 Å². The standard InChI is InChI=1S/C16H21NO4/c1-11-7-8-17(15(11)16(19)20)9-10-21-14-6-4-3-5-13(14)12(2)18/h3-6,11,15H,7-10H2,1-2H3,(H,19,20). The molecule has 0 saturated carbocycles. The van der Waals surface area contributed by atoms with Gasteiger partial charge in [0.15, 0.2) is 5.78 Å². The number of rotatable bonds is 6. The van der Waals surface area contributed by atoms with Crippen molar-refractivity contribution in [2.45, 2.75) is 26.3 Å². The average Bonchev–Trinajstić information content (AvgIpc) is 2.80. The molecule has 1 N–H and O–H groups in total. The van der Waals surface area contributed by atoms with Crippen molar-refractivity contribution in [1.82, 2.24) is 4.90 Å². The number of carbonyl (C=O) groups is 2. The van der Waals surface area contributed by atoms with Crippen LogP contribution < -0.4 is 4.74 Å². The molecule has 1 aromatic rings. The lowest BCUT2D eigenvalue weighted by Crippen LogP contribution is -2.41. The molecule has 2 rings (SSSR count). The van der Waals surface area contributed by atoms with Gasteiger partial charge in [0.05, 0.1) is 5.56 Å². The molecule has 0 spiro atoms. The van der Waals surface area contributed by atoms with Crippen LogP contribution in [0.5, 0.6) is 5.75 Å². The van der Waals surface area contributed by atoms with E-state index >= 15 is 0 Å². The Hall–Kier alpha value is -1.88. The van der Waals surface area contributed by atoms with Crippen molar-refractivity contribution in [2.75, 3.05) is 19.7 Å². The molecule has 1 heterocycles. The van der Waals surface area contributed by atoms with Gasteiger partial charge in [0, 0.05) is 6.54 Å². The van der Waals surface area contributed by atoms with Gasteiger partial charge in [0.25, 0.3) is 0 Å². The fourth-order valence-electron chi connectivity index (χ4n) is 2.83. The van der Waals surface area contributed by atoms with Crippen molar-refractivity contribution in [1.29, 1.82) is 0 Å². The van der Waals surface area contributed by atoms with Gasteiger partial charge in [-0.25, -0.2) is 0 Å². The number of nitrogens with zero attached hydrogens (tertiary/aromatic N) is 1.